The van der Waals surface area contributed by atoms with Crippen molar-refractivity contribution in [3.05, 3.63) is 23.8 Å². The van der Waals surface area contributed by atoms with Crippen LogP contribution < -0.4 is 5.73 Å². The Morgan fingerprint density at radius 3 is 3.07 bits per heavy atom. The van der Waals surface area contributed by atoms with E-state index < -0.39 is 0 Å². The Morgan fingerprint density at radius 1 is 1.67 bits per heavy atom. The molecule has 0 aliphatic heterocycles. The highest BCUT2D eigenvalue weighted by atomic mass is 16.5. The minimum Gasteiger partial charge on any atom is -0.465 e. The Labute approximate surface area is 91.0 Å². The molecule has 2 N–H and O–H groups in total. The first-order valence-electron chi connectivity index (χ1n) is 5.50. The Morgan fingerprint density at radius 2 is 2.47 bits per heavy atom. The van der Waals surface area contributed by atoms with Gasteiger partial charge in [-0.1, -0.05) is 25.2 Å². The molecule has 15 heavy (non-hydrogen) atoms. The van der Waals surface area contributed by atoms with Gasteiger partial charge in [0.2, 0.25) is 0 Å². The van der Waals surface area contributed by atoms with Crippen LogP contribution in [0.2, 0.25) is 0 Å². The molecular weight excluding hydrogens is 190 g/mol. The highest BCUT2D eigenvalue weighted by Crippen LogP contribution is 2.12. The fourth-order valence-electron chi connectivity index (χ4n) is 1.43. The minimum absolute atomic E-state index is 0.102. The number of rotatable bonds is 5. The molecular formula is C12H19NO2. The number of allylic oxidation sites excluding steroid dienone is 1. The molecule has 84 valence electrons. The van der Waals surface area contributed by atoms with Crippen molar-refractivity contribution >= 4 is 5.97 Å². The van der Waals surface area contributed by atoms with E-state index >= 15 is 0 Å². The SMILES string of the molecule is CCCC(=O)OCCC1=CCC(N)C=C1. The lowest BCUT2D eigenvalue weighted by Crippen LogP contribution is -2.17. The van der Waals surface area contributed by atoms with Gasteiger partial charge in [0, 0.05) is 18.9 Å². The summed E-state index contributed by atoms with van der Waals surface area (Å²) in [6, 6.07) is 0.149. The van der Waals surface area contributed by atoms with Crippen molar-refractivity contribution in [2.45, 2.75) is 38.6 Å². The summed E-state index contributed by atoms with van der Waals surface area (Å²) < 4.78 is 5.07. The lowest BCUT2D eigenvalue weighted by molar-refractivity contribution is -0.143. The van der Waals surface area contributed by atoms with Crippen molar-refractivity contribution < 1.29 is 9.53 Å². The van der Waals surface area contributed by atoms with Gasteiger partial charge in [0.15, 0.2) is 0 Å². The molecule has 1 unspecified atom stereocenters. The van der Waals surface area contributed by atoms with Gasteiger partial charge in [-0.2, -0.15) is 0 Å². The second-order valence-electron chi connectivity index (χ2n) is 3.76. The van der Waals surface area contributed by atoms with E-state index in [1.54, 1.807) is 0 Å². The van der Waals surface area contributed by atoms with E-state index in [9.17, 15) is 4.79 Å². The largest absolute Gasteiger partial charge is 0.465 e. The standard InChI is InChI=1S/C12H19NO2/c1-2-3-12(14)15-9-8-10-4-6-11(13)7-5-10/h4-6,11H,2-3,7-9,13H2,1H3. The fourth-order valence-corrected chi connectivity index (χ4v) is 1.43. The van der Waals surface area contributed by atoms with Gasteiger partial charge in [0.25, 0.3) is 0 Å². The molecule has 0 fully saturated rings. The predicted octanol–water partition coefficient (Wildman–Crippen LogP) is 1.93. The Kier molecular flexibility index (Phi) is 5.12. The molecule has 0 heterocycles. The molecule has 1 rings (SSSR count). The van der Waals surface area contributed by atoms with E-state index in [4.69, 9.17) is 10.5 Å². The average Bonchev–Trinajstić information content (AvgIpc) is 2.21. The number of carbonyl (C=O) groups is 1. The van der Waals surface area contributed by atoms with Crippen LogP contribution >= 0.6 is 0 Å². The molecule has 0 saturated carbocycles. The second-order valence-corrected chi connectivity index (χ2v) is 3.76. The zero-order chi connectivity index (χ0) is 11.1. The van der Waals surface area contributed by atoms with E-state index in [0.29, 0.717) is 13.0 Å². The number of carbonyl (C=O) groups excluding carboxylic acids is 1. The molecule has 1 aliphatic rings. The molecule has 1 aliphatic carbocycles. The van der Waals surface area contributed by atoms with Gasteiger partial charge in [-0.15, -0.1) is 0 Å². The smallest absolute Gasteiger partial charge is 0.305 e. The normalized spacial score (nSPS) is 19.9. The maximum Gasteiger partial charge on any atom is 0.305 e. The number of esters is 1. The van der Waals surface area contributed by atoms with Crippen molar-refractivity contribution in [2.24, 2.45) is 5.73 Å². The molecule has 1 atom stereocenters. The highest BCUT2D eigenvalue weighted by molar-refractivity contribution is 5.69. The van der Waals surface area contributed by atoms with Gasteiger partial charge >= 0.3 is 5.97 Å². The first kappa shape index (κ1) is 12.0. The summed E-state index contributed by atoms with van der Waals surface area (Å²) in [5, 5.41) is 0. The number of nitrogens with two attached hydrogens (primary N) is 1. The maximum atomic E-state index is 11.1. The third-order valence-corrected chi connectivity index (χ3v) is 2.32. The molecule has 0 bridgehead atoms. The van der Waals surface area contributed by atoms with Crippen molar-refractivity contribution in [1.29, 1.82) is 0 Å². The van der Waals surface area contributed by atoms with Crippen LogP contribution in [0, 0.1) is 0 Å². The summed E-state index contributed by atoms with van der Waals surface area (Å²) in [6.45, 7) is 2.44. The van der Waals surface area contributed by atoms with Crippen molar-refractivity contribution in [3.63, 3.8) is 0 Å². The third-order valence-electron chi connectivity index (χ3n) is 2.32. The summed E-state index contributed by atoms with van der Waals surface area (Å²) in [5.74, 6) is -0.102. The summed E-state index contributed by atoms with van der Waals surface area (Å²) >= 11 is 0. The Hall–Kier alpha value is -1.09. The van der Waals surface area contributed by atoms with Gasteiger partial charge in [-0.25, -0.2) is 0 Å². The number of hydrogen-bond acceptors (Lipinski definition) is 3. The molecule has 0 aromatic carbocycles. The lowest BCUT2D eigenvalue weighted by Gasteiger charge is -2.11. The van der Waals surface area contributed by atoms with Crippen LogP contribution in [-0.2, 0) is 9.53 Å². The summed E-state index contributed by atoms with van der Waals surface area (Å²) in [6.07, 6.45) is 9.15. The average molecular weight is 209 g/mol. The van der Waals surface area contributed by atoms with Gasteiger partial charge in [-0.3, -0.25) is 4.79 Å². The van der Waals surface area contributed by atoms with Crippen molar-refractivity contribution in [2.75, 3.05) is 6.61 Å². The van der Waals surface area contributed by atoms with Gasteiger partial charge < -0.3 is 10.5 Å². The van der Waals surface area contributed by atoms with Crippen LogP contribution in [0.15, 0.2) is 23.8 Å². The van der Waals surface area contributed by atoms with Crippen LogP contribution in [-0.4, -0.2) is 18.6 Å². The summed E-state index contributed by atoms with van der Waals surface area (Å²) in [7, 11) is 0. The van der Waals surface area contributed by atoms with Crippen LogP contribution in [0.4, 0.5) is 0 Å². The van der Waals surface area contributed by atoms with Crippen LogP contribution in [0.5, 0.6) is 0 Å². The van der Waals surface area contributed by atoms with Crippen molar-refractivity contribution in [3.8, 4) is 0 Å². The highest BCUT2D eigenvalue weighted by Gasteiger charge is 2.05. The van der Waals surface area contributed by atoms with Gasteiger partial charge in [-0.05, 0) is 18.4 Å². The maximum absolute atomic E-state index is 11.1. The molecule has 3 heteroatoms. The molecule has 0 amide bonds. The fraction of sp³-hybridized carbons (Fsp3) is 0.583. The van der Waals surface area contributed by atoms with Crippen molar-refractivity contribution in [1.82, 2.24) is 0 Å². The third kappa shape index (κ3) is 4.79. The zero-order valence-electron chi connectivity index (χ0n) is 9.24. The van der Waals surface area contributed by atoms with E-state index in [1.807, 2.05) is 19.1 Å². The van der Waals surface area contributed by atoms with Gasteiger partial charge in [0.1, 0.15) is 0 Å². The van der Waals surface area contributed by atoms with E-state index in [2.05, 4.69) is 6.08 Å². The minimum atomic E-state index is -0.102. The number of ether oxygens (including phenoxy) is 1. The first-order chi connectivity index (χ1) is 7.22. The Bertz CT molecular complexity index is 269. The molecule has 3 nitrogen and oxygen atoms in total. The molecule has 0 aromatic rings. The molecule has 0 saturated heterocycles. The summed E-state index contributed by atoms with van der Waals surface area (Å²) in [4.78, 5) is 11.1. The quantitative estimate of drug-likeness (QED) is 0.704. The first-order valence-corrected chi connectivity index (χ1v) is 5.50. The molecule has 0 radical (unpaired) electrons. The van der Waals surface area contributed by atoms with E-state index in [1.165, 1.54) is 5.57 Å². The van der Waals surface area contributed by atoms with E-state index in [0.717, 1.165) is 19.3 Å². The summed E-state index contributed by atoms with van der Waals surface area (Å²) in [5.41, 5.74) is 6.91. The lowest BCUT2D eigenvalue weighted by atomic mass is 10.0. The van der Waals surface area contributed by atoms with Crippen LogP contribution in [0.1, 0.15) is 32.6 Å². The Balaban J connectivity index is 2.16. The molecule has 0 spiro atoms. The topological polar surface area (TPSA) is 52.3 Å². The van der Waals surface area contributed by atoms with Crippen LogP contribution in [0.25, 0.3) is 0 Å². The monoisotopic (exact) mass is 209 g/mol. The predicted molar refractivity (Wildman–Crippen MR) is 60.3 cm³/mol. The van der Waals surface area contributed by atoms with Crippen LogP contribution in [0.3, 0.4) is 0 Å². The van der Waals surface area contributed by atoms with Gasteiger partial charge in [0.05, 0.1) is 6.61 Å². The molecule has 0 aromatic heterocycles. The second kappa shape index (κ2) is 6.40. The van der Waals surface area contributed by atoms with E-state index in [-0.39, 0.29) is 12.0 Å². The zero-order valence-corrected chi connectivity index (χ0v) is 9.24. The number of hydrogen-bond donors (Lipinski definition) is 1.